The van der Waals surface area contributed by atoms with Crippen molar-refractivity contribution in [2.24, 2.45) is 0 Å². The summed E-state index contributed by atoms with van der Waals surface area (Å²) in [5.74, 6) is 0.697. The predicted molar refractivity (Wildman–Crippen MR) is 97.7 cm³/mol. The normalized spacial score (nSPS) is 10.2. The molecule has 1 heterocycles. The minimum atomic E-state index is -0.336. The number of carbonyl (C=O) groups is 1. The number of carbonyl (C=O) groups excluding carboxylic acids is 1. The molecule has 0 fully saturated rings. The van der Waals surface area contributed by atoms with Crippen LogP contribution < -0.4 is 15.4 Å². The van der Waals surface area contributed by atoms with Crippen LogP contribution in [-0.2, 0) is 0 Å². The SMILES string of the molecule is COc1ccccc1Nc1ncc(C(=O)Nc2ccccc2Cl)cn1. The van der Waals surface area contributed by atoms with Gasteiger partial charge in [0.2, 0.25) is 5.95 Å². The van der Waals surface area contributed by atoms with E-state index in [0.29, 0.717) is 28.0 Å². The van der Waals surface area contributed by atoms with E-state index in [-0.39, 0.29) is 5.91 Å². The molecular weight excluding hydrogens is 340 g/mol. The van der Waals surface area contributed by atoms with E-state index in [1.807, 2.05) is 24.3 Å². The monoisotopic (exact) mass is 354 g/mol. The number of anilines is 3. The van der Waals surface area contributed by atoms with E-state index < -0.39 is 0 Å². The molecule has 0 bridgehead atoms. The van der Waals surface area contributed by atoms with Crippen LogP contribution in [0.3, 0.4) is 0 Å². The third-order valence-electron chi connectivity index (χ3n) is 3.39. The topological polar surface area (TPSA) is 76.1 Å². The molecule has 126 valence electrons. The van der Waals surface area contributed by atoms with Gasteiger partial charge in [0.1, 0.15) is 5.75 Å². The van der Waals surface area contributed by atoms with Crippen molar-refractivity contribution in [3.63, 3.8) is 0 Å². The number of methoxy groups -OCH3 is 1. The number of nitrogens with zero attached hydrogens (tertiary/aromatic N) is 2. The Kier molecular flexibility index (Phi) is 5.11. The largest absolute Gasteiger partial charge is 0.495 e. The molecule has 2 N–H and O–H groups in total. The summed E-state index contributed by atoms with van der Waals surface area (Å²) in [6, 6.07) is 14.4. The number of amides is 1. The molecule has 0 saturated carbocycles. The van der Waals surface area contributed by atoms with E-state index >= 15 is 0 Å². The first-order valence-electron chi connectivity index (χ1n) is 7.45. The number of halogens is 1. The van der Waals surface area contributed by atoms with Gasteiger partial charge in [-0.05, 0) is 24.3 Å². The van der Waals surface area contributed by atoms with Crippen LogP contribution in [-0.4, -0.2) is 23.0 Å². The second-order valence-corrected chi connectivity index (χ2v) is 5.46. The molecule has 1 amide bonds. The Hall–Kier alpha value is -3.12. The lowest BCUT2D eigenvalue weighted by Gasteiger charge is -2.10. The molecule has 2 aromatic carbocycles. The second kappa shape index (κ2) is 7.63. The molecule has 7 heteroatoms. The molecule has 0 aliphatic rings. The third kappa shape index (κ3) is 4.05. The van der Waals surface area contributed by atoms with Crippen LogP contribution >= 0.6 is 11.6 Å². The van der Waals surface area contributed by atoms with Gasteiger partial charge in [-0.2, -0.15) is 0 Å². The summed E-state index contributed by atoms with van der Waals surface area (Å²) in [6.07, 6.45) is 2.88. The summed E-state index contributed by atoms with van der Waals surface area (Å²) in [5, 5.41) is 6.24. The highest BCUT2D eigenvalue weighted by molar-refractivity contribution is 6.33. The van der Waals surface area contributed by atoms with Crippen LogP contribution in [0.15, 0.2) is 60.9 Å². The zero-order chi connectivity index (χ0) is 17.6. The van der Waals surface area contributed by atoms with Crippen molar-refractivity contribution in [1.82, 2.24) is 9.97 Å². The first kappa shape index (κ1) is 16.7. The van der Waals surface area contributed by atoms with Crippen LogP contribution in [0.2, 0.25) is 5.02 Å². The molecule has 0 spiro atoms. The molecule has 0 unspecified atom stereocenters. The molecule has 0 saturated heterocycles. The lowest BCUT2D eigenvalue weighted by Crippen LogP contribution is -2.13. The van der Waals surface area contributed by atoms with Gasteiger partial charge in [0.05, 0.1) is 29.1 Å². The molecule has 3 aromatic rings. The molecule has 3 rings (SSSR count). The van der Waals surface area contributed by atoms with E-state index in [0.717, 1.165) is 5.69 Å². The van der Waals surface area contributed by atoms with Crippen LogP contribution in [0.5, 0.6) is 5.75 Å². The molecule has 0 atom stereocenters. The Morgan fingerprint density at radius 3 is 2.32 bits per heavy atom. The van der Waals surface area contributed by atoms with Crippen molar-refractivity contribution >= 4 is 34.8 Å². The van der Waals surface area contributed by atoms with E-state index in [9.17, 15) is 4.79 Å². The number of para-hydroxylation sites is 3. The Bertz CT molecular complexity index is 884. The molecule has 0 radical (unpaired) electrons. The van der Waals surface area contributed by atoms with Gasteiger partial charge in [-0.1, -0.05) is 35.9 Å². The number of hydrogen-bond acceptors (Lipinski definition) is 5. The van der Waals surface area contributed by atoms with Crippen molar-refractivity contribution in [2.45, 2.75) is 0 Å². The van der Waals surface area contributed by atoms with Gasteiger partial charge in [0.15, 0.2) is 0 Å². The summed E-state index contributed by atoms with van der Waals surface area (Å²) >= 11 is 6.03. The zero-order valence-corrected chi connectivity index (χ0v) is 14.1. The van der Waals surface area contributed by atoms with Crippen LogP contribution in [0.25, 0.3) is 0 Å². The van der Waals surface area contributed by atoms with Gasteiger partial charge in [0, 0.05) is 12.4 Å². The number of aromatic nitrogens is 2. The number of ether oxygens (including phenoxy) is 1. The quantitative estimate of drug-likeness (QED) is 0.720. The lowest BCUT2D eigenvalue weighted by atomic mass is 10.2. The summed E-state index contributed by atoms with van der Waals surface area (Å²) in [4.78, 5) is 20.6. The van der Waals surface area contributed by atoms with Crippen molar-refractivity contribution in [2.75, 3.05) is 17.7 Å². The fourth-order valence-electron chi connectivity index (χ4n) is 2.14. The highest BCUT2D eigenvalue weighted by Crippen LogP contribution is 2.25. The third-order valence-corrected chi connectivity index (χ3v) is 3.72. The van der Waals surface area contributed by atoms with Crippen molar-refractivity contribution in [1.29, 1.82) is 0 Å². The van der Waals surface area contributed by atoms with Crippen molar-refractivity contribution < 1.29 is 9.53 Å². The Morgan fingerprint density at radius 2 is 1.64 bits per heavy atom. The first-order valence-corrected chi connectivity index (χ1v) is 7.83. The molecular formula is C18H15ClN4O2. The summed E-state index contributed by atoms with van der Waals surface area (Å²) in [5.41, 5.74) is 1.59. The van der Waals surface area contributed by atoms with E-state index in [1.165, 1.54) is 12.4 Å². The van der Waals surface area contributed by atoms with Gasteiger partial charge in [-0.25, -0.2) is 9.97 Å². The summed E-state index contributed by atoms with van der Waals surface area (Å²) < 4.78 is 5.26. The fourth-order valence-corrected chi connectivity index (χ4v) is 2.32. The smallest absolute Gasteiger partial charge is 0.258 e. The maximum absolute atomic E-state index is 12.2. The maximum atomic E-state index is 12.2. The number of rotatable bonds is 5. The van der Waals surface area contributed by atoms with E-state index in [1.54, 1.807) is 31.4 Å². The number of hydrogen-bond donors (Lipinski definition) is 2. The van der Waals surface area contributed by atoms with Crippen LogP contribution in [0.4, 0.5) is 17.3 Å². The van der Waals surface area contributed by atoms with E-state index in [2.05, 4.69) is 20.6 Å². The maximum Gasteiger partial charge on any atom is 0.258 e. The van der Waals surface area contributed by atoms with Crippen molar-refractivity contribution in [3.8, 4) is 5.75 Å². The summed E-state index contributed by atoms with van der Waals surface area (Å²) in [7, 11) is 1.59. The molecule has 0 aliphatic carbocycles. The van der Waals surface area contributed by atoms with Crippen LogP contribution in [0.1, 0.15) is 10.4 Å². The molecule has 1 aromatic heterocycles. The fraction of sp³-hybridized carbons (Fsp3) is 0.0556. The minimum absolute atomic E-state index is 0.325. The predicted octanol–water partition coefficient (Wildman–Crippen LogP) is 4.13. The minimum Gasteiger partial charge on any atom is -0.495 e. The van der Waals surface area contributed by atoms with E-state index in [4.69, 9.17) is 16.3 Å². The molecule has 25 heavy (non-hydrogen) atoms. The standard InChI is InChI=1S/C18H15ClN4O2/c1-25-16-9-5-4-8-15(16)23-18-20-10-12(11-21-18)17(24)22-14-7-3-2-6-13(14)19/h2-11H,1H3,(H,22,24)(H,20,21,23). The van der Waals surface area contributed by atoms with Gasteiger partial charge in [-0.15, -0.1) is 0 Å². The van der Waals surface area contributed by atoms with Crippen LogP contribution in [0, 0.1) is 0 Å². The average Bonchev–Trinajstić information content (AvgIpc) is 2.64. The highest BCUT2D eigenvalue weighted by atomic mass is 35.5. The second-order valence-electron chi connectivity index (χ2n) is 5.05. The molecule has 0 aliphatic heterocycles. The number of nitrogens with one attached hydrogen (secondary N) is 2. The average molecular weight is 355 g/mol. The van der Waals surface area contributed by atoms with Gasteiger partial charge >= 0.3 is 0 Å². The zero-order valence-electron chi connectivity index (χ0n) is 13.4. The molecule has 6 nitrogen and oxygen atoms in total. The van der Waals surface area contributed by atoms with Gasteiger partial charge < -0.3 is 15.4 Å². The Balaban J connectivity index is 1.72. The van der Waals surface area contributed by atoms with Crippen molar-refractivity contribution in [3.05, 3.63) is 71.5 Å². The van der Waals surface area contributed by atoms with Gasteiger partial charge in [0.25, 0.3) is 5.91 Å². The number of benzene rings is 2. The Morgan fingerprint density at radius 1 is 1.00 bits per heavy atom. The van der Waals surface area contributed by atoms with Gasteiger partial charge in [-0.3, -0.25) is 4.79 Å². The highest BCUT2D eigenvalue weighted by Gasteiger charge is 2.10. The summed E-state index contributed by atoms with van der Waals surface area (Å²) in [6.45, 7) is 0. The Labute approximate surface area is 149 Å². The first-order chi connectivity index (χ1) is 12.2. The lowest BCUT2D eigenvalue weighted by molar-refractivity contribution is 0.102.